The summed E-state index contributed by atoms with van der Waals surface area (Å²) >= 11 is 0. The number of halogens is 3. The summed E-state index contributed by atoms with van der Waals surface area (Å²) in [7, 11) is 2.67. The first-order valence-corrected chi connectivity index (χ1v) is 4.22. The number of nitrogens with one attached hydrogen (secondary N) is 1. The number of hydrogen-bond donors (Lipinski definition) is 1. The molecular weight excluding hydrogens is 215 g/mol. The summed E-state index contributed by atoms with van der Waals surface area (Å²) in [6, 6.07) is -0.644. The van der Waals surface area contributed by atoms with E-state index < -0.39 is 30.8 Å². The van der Waals surface area contributed by atoms with Crippen molar-refractivity contribution >= 4 is 5.91 Å². The van der Waals surface area contributed by atoms with Gasteiger partial charge in [0.05, 0.1) is 6.04 Å². The minimum atomic E-state index is -4.50. The molecule has 7 heteroatoms. The third-order valence-corrected chi connectivity index (χ3v) is 1.62. The molecule has 0 aliphatic heterocycles. The molecule has 0 saturated heterocycles. The number of alkyl halides is 3. The number of carbonyl (C=O) groups is 1. The van der Waals surface area contributed by atoms with E-state index >= 15 is 0 Å². The lowest BCUT2D eigenvalue weighted by Gasteiger charge is -2.22. The summed E-state index contributed by atoms with van der Waals surface area (Å²) in [5.41, 5.74) is 0. The standard InChI is InChI=1S/C8H14F3NO3/c1-5(7(14-2)15-3)12-6(13)4-8(9,10)11/h5,7H,4H2,1-3H3,(H,12,13). The Kier molecular flexibility index (Phi) is 5.59. The van der Waals surface area contributed by atoms with Crippen LogP contribution in [0.25, 0.3) is 0 Å². The summed E-state index contributed by atoms with van der Waals surface area (Å²) in [5, 5.41) is 2.13. The van der Waals surface area contributed by atoms with Gasteiger partial charge in [-0.25, -0.2) is 0 Å². The Morgan fingerprint density at radius 2 is 1.80 bits per heavy atom. The van der Waals surface area contributed by atoms with Crippen LogP contribution in [0.4, 0.5) is 13.2 Å². The zero-order chi connectivity index (χ0) is 12.1. The topological polar surface area (TPSA) is 47.6 Å². The highest BCUT2D eigenvalue weighted by Gasteiger charge is 2.32. The summed E-state index contributed by atoms with van der Waals surface area (Å²) in [4.78, 5) is 10.9. The number of hydrogen-bond acceptors (Lipinski definition) is 3. The number of rotatable bonds is 5. The van der Waals surface area contributed by atoms with Gasteiger partial charge >= 0.3 is 6.18 Å². The second-order valence-corrected chi connectivity index (χ2v) is 2.99. The fourth-order valence-corrected chi connectivity index (χ4v) is 1.06. The highest BCUT2D eigenvalue weighted by Crippen LogP contribution is 2.19. The normalized spacial score (nSPS) is 14.1. The molecule has 0 aromatic heterocycles. The highest BCUT2D eigenvalue weighted by molar-refractivity contribution is 5.76. The predicted molar refractivity (Wildman–Crippen MR) is 46.1 cm³/mol. The molecule has 0 spiro atoms. The third-order valence-electron chi connectivity index (χ3n) is 1.62. The lowest BCUT2D eigenvalue weighted by atomic mass is 10.3. The second kappa shape index (κ2) is 5.92. The van der Waals surface area contributed by atoms with Gasteiger partial charge < -0.3 is 14.8 Å². The minimum Gasteiger partial charge on any atom is -0.354 e. The van der Waals surface area contributed by atoms with Crippen LogP contribution in [-0.2, 0) is 14.3 Å². The quantitative estimate of drug-likeness (QED) is 0.717. The fraction of sp³-hybridized carbons (Fsp3) is 0.875. The fourth-order valence-electron chi connectivity index (χ4n) is 1.06. The lowest BCUT2D eigenvalue weighted by molar-refractivity contribution is -0.159. The van der Waals surface area contributed by atoms with E-state index in [1.807, 2.05) is 0 Å². The molecule has 0 aromatic carbocycles. The smallest absolute Gasteiger partial charge is 0.354 e. The summed E-state index contributed by atoms with van der Waals surface area (Å²) < 4.78 is 44.9. The molecule has 4 nitrogen and oxygen atoms in total. The zero-order valence-corrected chi connectivity index (χ0v) is 8.72. The number of amides is 1. The maximum Gasteiger partial charge on any atom is 0.397 e. The van der Waals surface area contributed by atoms with E-state index in [9.17, 15) is 18.0 Å². The number of carbonyl (C=O) groups excluding carboxylic acids is 1. The molecule has 0 aliphatic rings. The van der Waals surface area contributed by atoms with Crippen LogP contribution in [0.15, 0.2) is 0 Å². The molecule has 0 saturated carbocycles. The predicted octanol–water partition coefficient (Wildman–Crippen LogP) is 1.06. The van der Waals surface area contributed by atoms with E-state index in [0.29, 0.717) is 0 Å². The van der Waals surface area contributed by atoms with E-state index in [0.717, 1.165) is 0 Å². The Labute approximate surface area is 85.7 Å². The van der Waals surface area contributed by atoms with Crippen molar-refractivity contribution in [3.8, 4) is 0 Å². The summed E-state index contributed by atoms with van der Waals surface area (Å²) in [5.74, 6) is -1.10. The van der Waals surface area contributed by atoms with Crippen LogP contribution in [-0.4, -0.2) is 38.6 Å². The zero-order valence-electron chi connectivity index (χ0n) is 8.72. The van der Waals surface area contributed by atoms with Gasteiger partial charge in [-0.05, 0) is 6.92 Å². The average Bonchev–Trinajstić information content (AvgIpc) is 2.02. The van der Waals surface area contributed by atoms with E-state index in [2.05, 4.69) is 5.32 Å². The molecule has 0 rings (SSSR count). The van der Waals surface area contributed by atoms with Gasteiger partial charge in [-0.3, -0.25) is 4.79 Å². The van der Waals surface area contributed by atoms with Crippen LogP contribution in [0.3, 0.4) is 0 Å². The van der Waals surface area contributed by atoms with Crippen LogP contribution in [0.5, 0.6) is 0 Å². The van der Waals surface area contributed by atoms with Gasteiger partial charge in [-0.1, -0.05) is 0 Å². The first-order chi connectivity index (χ1) is 6.80. The van der Waals surface area contributed by atoms with Crippen LogP contribution in [0, 0.1) is 0 Å². The van der Waals surface area contributed by atoms with Crippen LogP contribution in [0.2, 0.25) is 0 Å². The Bertz CT molecular complexity index is 204. The first kappa shape index (κ1) is 14.2. The second-order valence-electron chi connectivity index (χ2n) is 2.99. The molecule has 0 fully saturated rings. The van der Waals surface area contributed by atoms with Gasteiger partial charge in [0.1, 0.15) is 6.42 Å². The molecule has 1 unspecified atom stereocenters. The average molecular weight is 229 g/mol. The molecule has 0 bridgehead atoms. The van der Waals surface area contributed by atoms with Crippen molar-refractivity contribution in [2.45, 2.75) is 31.9 Å². The van der Waals surface area contributed by atoms with Crippen molar-refractivity contribution in [1.29, 1.82) is 0 Å². The van der Waals surface area contributed by atoms with Gasteiger partial charge in [-0.2, -0.15) is 13.2 Å². The van der Waals surface area contributed by atoms with Crippen molar-refractivity contribution in [2.75, 3.05) is 14.2 Å². The number of methoxy groups -OCH3 is 2. The molecule has 90 valence electrons. The SMILES string of the molecule is COC(OC)C(C)NC(=O)CC(F)(F)F. The van der Waals surface area contributed by atoms with E-state index in [1.165, 1.54) is 21.1 Å². The van der Waals surface area contributed by atoms with E-state index in [4.69, 9.17) is 9.47 Å². The Hall–Kier alpha value is -0.820. The van der Waals surface area contributed by atoms with Gasteiger partial charge in [0.2, 0.25) is 5.91 Å². The van der Waals surface area contributed by atoms with Crippen LogP contribution in [0.1, 0.15) is 13.3 Å². The van der Waals surface area contributed by atoms with Crippen molar-refractivity contribution in [3.63, 3.8) is 0 Å². The molecule has 1 N–H and O–H groups in total. The van der Waals surface area contributed by atoms with Gasteiger partial charge in [-0.15, -0.1) is 0 Å². The molecule has 1 amide bonds. The lowest BCUT2D eigenvalue weighted by Crippen LogP contribution is -2.44. The third kappa shape index (κ3) is 6.29. The van der Waals surface area contributed by atoms with Gasteiger partial charge in [0.15, 0.2) is 6.29 Å². The van der Waals surface area contributed by atoms with Crippen molar-refractivity contribution in [2.24, 2.45) is 0 Å². The van der Waals surface area contributed by atoms with Gasteiger partial charge in [0, 0.05) is 14.2 Å². The molecular formula is C8H14F3NO3. The first-order valence-electron chi connectivity index (χ1n) is 4.22. The molecule has 15 heavy (non-hydrogen) atoms. The molecule has 0 heterocycles. The summed E-state index contributed by atoms with van der Waals surface area (Å²) in [6.07, 6.45) is -6.76. The van der Waals surface area contributed by atoms with Crippen molar-refractivity contribution in [1.82, 2.24) is 5.32 Å². The largest absolute Gasteiger partial charge is 0.397 e. The van der Waals surface area contributed by atoms with Crippen LogP contribution < -0.4 is 5.32 Å². The maximum atomic E-state index is 11.8. The summed E-state index contributed by atoms with van der Waals surface area (Å²) in [6.45, 7) is 1.49. The molecule has 0 aliphatic carbocycles. The Morgan fingerprint density at radius 3 is 2.13 bits per heavy atom. The minimum absolute atomic E-state index is 0.644. The Balaban J connectivity index is 4.06. The molecule has 0 aromatic rings. The number of ether oxygens (including phenoxy) is 2. The van der Waals surface area contributed by atoms with E-state index in [1.54, 1.807) is 0 Å². The maximum absolute atomic E-state index is 11.8. The van der Waals surface area contributed by atoms with Crippen molar-refractivity contribution in [3.05, 3.63) is 0 Å². The molecule has 0 radical (unpaired) electrons. The van der Waals surface area contributed by atoms with Crippen molar-refractivity contribution < 1.29 is 27.4 Å². The Morgan fingerprint density at radius 1 is 1.33 bits per heavy atom. The molecule has 1 atom stereocenters. The van der Waals surface area contributed by atoms with Gasteiger partial charge in [0.25, 0.3) is 0 Å². The van der Waals surface area contributed by atoms with Crippen LogP contribution >= 0.6 is 0 Å². The monoisotopic (exact) mass is 229 g/mol. The van der Waals surface area contributed by atoms with E-state index in [-0.39, 0.29) is 0 Å². The highest BCUT2D eigenvalue weighted by atomic mass is 19.4.